The molecule has 0 radical (unpaired) electrons. The molecule has 0 atom stereocenters. The minimum absolute atomic E-state index is 0.379. The number of nitrogen functional groups attached to an aromatic ring is 1. The van der Waals surface area contributed by atoms with E-state index in [2.05, 4.69) is 115 Å². The summed E-state index contributed by atoms with van der Waals surface area (Å²) in [6.45, 7) is 0. The van der Waals surface area contributed by atoms with Gasteiger partial charge in [-0.1, -0.05) is 115 Å². The Morgan fingerprint density at radius 1 is 0.485 bits per heavy atom. The lowest BCUT2D eigenvalue weighted by Crippen LogP contribution is -2.27. The number of benzene rings is 5. The first-order valence-corrected chi connectivity index (χ1v) is 11.5. The van der Waals surface area contributed by atoms with Crippen molar-refractivity contribution < 1.29 is 0 Å². The van der Waals surface area contributed by atoms with Crippen molar-refractivity contribution in [1.82, 2.24) is 0 Å². The molecule has 5 aromatic carbocycles. The zero-order chi connectivity index (χ0) is 22.0. The van der Waals surface area contributed by atoms with Crippen LogP contribution in [0.5, 0.6) is 0 Å². The molecular weight excluding hydrogens is 398 g/mol. The normalized spacial score (nSPS) is 13.9. The molecule has 0 saturated carbocycles. The van der Waals surface area contributed by atoms with E-state index in [-0.39, 0.29) is 5.41 Å². The van der Waals surface area contributed by atoms with Crippen molar-refractivity contribution in [2.75, 3.05) is 5.73 Å². The van der Waals surface area contributed by atoms with Crippen molar-refractivity contribution in [3.05, 3.63) is 149 Å². The number of fused-ring (bicyclic) bond motifs is 10. The molecule has 0 aliphatic heterocycles. The van der Waals surface area contributed by atoms with Gasteiger partial charge in [0.25, 0.3) is 0 Å². The van der Waals surface area contributed by atoms with Gasteiger partial charge in [-0.15, -0.1) is 0 Å². The van der Waals surface area contributed by atoms with Crippen LogP contribution in [0.25, 0.3) is 22.3 Å². The van der Waals surface area contributed by atoms with Gasteiger partial charge in [-0.25, -0.2) is 0 Å². The highest BCUT2D eigenvalue weighted by Crippen LogP contribution is 2.64. The fourth-order valence-electron chi connectivity index (χ4n) is 6.24. The lowest BCUT2D eigenvalue weighted by molar-refractivity contribution is 0.795. The SMILES string of the molecule is Nc1c(Cc2ccccc2)ccc2c1C1(c3ccccc3-c3ccccc31)c1ccccc1-2. The van der Waals surface area contributed by atoms with Gasteiger partial charge in [0.2, 0.25) is 0 Å². The largest absolute Gasteiger partial charge is 0.398 e. The highest BCUT2D eigenvalue weighted by atomic mass is 14.6. The van der Waals surface area contributed by atoms with Crippen LogP contribution in [0.2, 0.25) is 0 Å². The quantitative estimate of drug-likeness (QED) is 0.293. The van der Waals surface area contributed by atoms with Gasteiger partial charge in [-0.3, -0.25) is 0 Å². The number of hydrogen-bond donors (Lipinski definition) is 1. The van der Waals surface area contributed by atoms with E-state index in [1.54, 1.807) is 0 Å². The van der Waals surface area contributed by atoms with Gasteiger partial charge >= 0.3 is 0 Å². The van der Waals surface area contributed by atoms with Crippen molar-refractivity contribution in [3.63, 3.8) is 0 Å². The molecule has 7 rings (SSSR count). The van der Waals surface area contributed by atoms with E-state index < -0.39 is 0 Å². The zero-order valence-corrected chi connectivity index (χ0v) is 18.3. The standard InChI is InChI=1S/C32H23N/c33-31-22(20-21-10-2-1-3-11-21)18-19-26-25-14-6-9-17-29(25)32(30(26)31)27-15-7-4-12-23(27)24-13-5-8-16-28(24)32/h1-19H,20,33H2. The maximum Gasteiger partial charge on any atom is 0.0745 e. The van der Waals surface area contributed by atoms with Crippen molar-refractivity contribution >= 4 is 5.69 Å². The van der Waals surface area contributed by atoms with E-state index >= 15 is 0 Å². The Balaban J connectivity index is 1.59. The molecule has 1 heteroatoms. The average Bonchev–Trinajstić information content (AvgIpc) is 3.34. The van der Waals surface area contributed by atoms with Crippen LogP contribution in [0.4, 0.5) is 5.69 Å². The summed E-state index contributed by atoms with van der Waals surface area (Å²) in [5.41, 5.74) is 20.5. The Labute approximate surface area is 194 Å². The fraction of sp³-hybridized carbons (Fsp3) is 0.0625. The molecule has 0 amide bonds. The summed E-state index contributed by atoms with van der Waals surface area (Å²) >= 11 is 0. The summed E-state index contributed by atoms with van der Waals surface area (Å²) in [5.74, 6) is 0. The van der Waals surface area contributed by atoms with E-state index in [1.807, 2.05) is 0 Å². The maximum atomic E-state index is 7.13. The van der Waals surface area contributed by atoms with Gasteiger partial charge < -0.3 is 5.73 Å². The predicted octanol–water partition coefficient (Wildman–Crippen LogP) is 7.20. The Morgan fingerprint density at radius 3 is 1.55 bits per heavy atom. The predicted molar refractivity (Wildman–Crippen MR) is 136 cm³/mol. The van der Waals surface area contributed by atoms with Crippen LogP contribution in [0.3, 0.4) is 0 Å². The molecule has 2 aliphatic carbocycles. The molecule has 0 saturated heterocycles. The lowest BCUT2D eigenvalue weighted by Gasteiger charge is -2.32. The van der Waals surface area contributed by atoms with Gasteiger partial charge in [-0.05, 0) is 56.5 Å². The molecule has 5 aromatic rings. The fourth-order valence-corrected chi connectivity index (χ4v) is 6.24. The molecule has 1 nitrogen and oxygen atoms in total. The highest BCUT2D eigenvalue weighted by molar-refractivity contribution is 5.97. The van der Waals surface area contributed by atoms with Crippen molar-refractivity contribution in [2.24, 2.45) is 0 Å². The summed E-state index contributed by atoms with van der Waals surface area (Å²) in [6.07, 6.45) is 0.829. The Morgan fingerprint density at radius 2 is 0.970 bits per heavy atom. The molecular formula is C32H23N. The minimum atomic E-state index is -0.379. The first-order valence-electron chi connectivity index (χ1n) is 11.5. The third-order valence-corrected chi connectivity index (χ3v) is 7.52. The highest BCUT2D eigenvalue weighted by Gasteiger charge is 2.52. The van der Waals surface area contributed by atoms with Crippen LogP contribution in [0, 0.1) is 0 Å². The first kappa shape index (κ1) is 18.5. The van der Waals surface area contributed by atoms with Crippen LogP contribution < -0.4 is 5.73 Å². The number of hydrogen-bond acceptors (Lipinski definition) is 1. The third kappa shape index (κ3) is 2.32. The van der Waals surface area contributed by atoms with E-state index in [4.69, 9.17) is 5.73 Å². The summed E-state index contributed by atoms with van der Waals surface area (Å²) in [6, 6.07) is 41.7. The molecule has 0 fully saturated rings. The van der Waals surface area contributed by atoms with Crippen molar-refractivity contribution in [1.29, 1.82) is 0 Å². The van der Waals surface area contributed by atoms with Crippen LogP contribution >= 0.6 is 0 Å². The van der Waals surface area contributed by atoms with Gasteiger partial charge in [0.05, 0.1) is 5.41 Å². The maximum absolute atomic E-state index is 7.13. The first-order chi connectivity index (χ1) is 16.3. The van der Waals surface area contributed by atoms with Crippen molar-refractivity contribution in [2.45, 2.75) is 11.8 Å². The van der Waals surface area contributed by atoms with E-state index in [9.17, 15) is 0 Å². The molecule has 0 heterocycles. The number of rotatable bonds is 2. The second-order valence-corrected chi connectivity index (χ2v) is 9.11. The number of nitrogens with two attached hydrogens (primary N) is 1. The Kier molecular flexibility index (Phi) is 3.75. The Hall–Kier alpha value is -4.10. The zero-order valence-electron chi connectivity index (χ0n) is 18.3. The Bertz CT molecular complexity index is 1480. The summed E-state index contributed by atoms with van der Waals surface area (Å²) in [4.78, 5) is 0. The van der Waals surface area contributed by atoms with E-state index in [1.165, 1.54) is 55.6 Å². The second kappa shape index (κ2) is 6.70. The number of anilines is 1. The molecule has 0 unspecified atom stereocenters. The van der Waals surface area contributed by atoms with Crippen molar-refractivity contribution in [3.8, 4) is 22.3 Å². The van der Waals surface area contributed by atoms with Crippen LogP contribution in [-0.4, -0.2) is 0 Å². The molecule has 2 aliphatic rings. The van der Waals surface area contributed by atoms with Crippen LogP contribution in [0.1, 0.15) is 33.4 Å². The molecule has 2 N–H and O–H groups in total. The summed E-state index contributed by atoms with van der Waals surface area (Å²) in [5, 5.41) is 0. The van der Waals surface area contributed by atoms with Crippen LogP contribution in [0.15, 0.2) is 115 Å². The van der Waals surface area contributed by atoms with E-state index in [0.717, 1.165) is 12.1 Å². The molecule has 0 aromatic heterocycles. The second-order valence-electron chi connectivity index (χ2n) is 9.11. The lowest BCUT2D eigenvalue weighted by atomic mass is 9.69. The van der Waals surface area contributed by atoms with E-state index in [0.29, 0.717) is 0 Å². The van der Waals surface area contributed by atoms with Crippen LogP contribution in [-0.2, 0) is 11.8 Å². The molecule has 0 bridgehead atoms. The van der Waals surface area contributed by atoms with Gasteiger partial charge in [0.1, 0.15) is 0 Å². The third-order valence-electron chi connectivity index (χ3n) is 7.52. The van der Waals surface area contributed by atoms with Gasteiger partial charge in [-0.2, -0.15) is 0 Å². The summed E-state index contributed by atoms with van der Waals surface area (Å²) in [7, 11) is 0. The average molecular weight is 422 g/mol. The van der Waals surface area contributed by atoms with Gasteiger partial charge in [0, 0.05) is 11.3 Å². The molecule has 33 heavy (non-hydrogen) atoms. The van der Waals surface area contributed by atoms with Gasteiger partial charge in [0.15, 0.2) is 0 Å². The monoisotopic (exact) mass is 421 g/mol. The smallest absolute Gasteiger partial charge is 0.0745 e. The summed E-state index contributed by atoms with van der Waals surface area (Å²) < 4.78 is 0. The molecule has 1 spiro atoms. The minimum Gasteiger partial charge on any atom is -0.398 e. The molecule has 156 valence electrons. The topological polar surface area (TPSA) is 26.0 Å².